The van der Waals surface area contributed by atoms with Crippen LogP contribution in [-0.2, 0) is 9.59 Å². The van der Waals surface area contributed by atoms with Crippen LogP contribution in [0.3, 0.4) is 0 Å². The highest BCUT2D eigenvalue weighted by Crippen LogP contribution is 1.60. The predicted molar refractivity (Wildman–Crippen MR) is 26.1 cm³/mol. The molecule has 0 atom stereocenters. The zero-order valence-corrected chi connectivity index (χ0v) is 4.07. The predicted octanol–water partition coefficient (Wildman–Crippen LogP) is -0.185. The summed E-state index contributed by atoms with van der Waals surface area (Å²) in [7, 11) is 0. The molecule has 3 nitrogen and oxygen atoms in total. The standard InChI is InChI=1S/C3HNO2S/c5-1-3(6)4-2-7/h1H. The van der Waals surface area contributed by atoms with Crippen LogP contribution in [0, 0.1) is 0 Å². The van der Waals surface area contributed by atoms with Crippen molar-refractivity contribution in [1.29, 1.82) is 0 Å². The number of carbonyl (C=O) groups excluding carboxylic acids is 2. The van der Waals surface area contributed by atoms with E-state index < -0.39 is 5.91 Å². The second-order valence-electron chi connectivity index (χ2n) is 0.659. The second-order valence-corrected chi connectivity index (χ2v) is 0.842. The van der Waals surface area contributed by atoms with Crippen LogP contribution in [0.2, 0.25) is 0 Å². The molecular formula is C3HNO2S. The number of carbonyl (C=O) groups is 2. The summed E-state index contributed by atoms with van der Waals surface area (Å²) in [5, 5.41) is 1.75. The molecule has 0 aromatic carbocycles. The van der Waals surface area contributed by atoms with Crippen molar-refractivity contribution in [3.8, 4) is 0 Å². The van der Waals surface area contributed by atoms with Crippen molar-refractivity contribution in [3.05, 3.63) is 0 Å². The van der Waals surface area contributed by atoms with E-state index in [2.05, 4.69) is 17.2 Å². The minimum absolute atomic E-state index is 0.0687. The third-order valence-corrected chi connectivity index (χ3v) is 0.348. The first-order chi connectivity index (χ1) is 3.31. The fraction of sp³-hybridized carbons (Fsp3) is 0. The van der Waals surface area contributed by atoms with Crippen molar-refractivity contribution in [2.75, 3.05) is 0 Å². The summed E-state index contributed by atoms with van der Waals surface area (Å²) >= 11 is 4.00. The Hall–Kier alpha value is -0.860. The molecule has 0 spiro atoms. The van der Waals surface area contributed by atoms with Gasteiger partial charge >= 0.3 is 5.91 Å². The molecule has 0 aliphatic carbocycles. The van der Waals surface area contributed by atoms with Crippen molar-refractivity contribution in [3.63, 3.8) is 0 Å². The van der Waals surface area contributed by atoms with E-state index >= 15 is 0 Å². The zero-order chi connectivity index (χ0) is 5.70. The Kier molecular flexibility index (Phi) is 2.92. The van der Waals surface area contributed by atoms with Gasteiger partial charge in [-0.25, -0.2) is 0 Å². The van der Waals surface area contributed by atoms with E-state index in [9.17, 15) is 9.59 Å². The lowest BCUT2D eigenvalue weighted by molar-refractivity contribution is -0.128. The van der Waals surface area contributed by atoms with Gasteiger partial charge in [-0.1, -0.05) is 0 Å². The van der Waals surface area contributed by atoms with E-state index in [0.717, 1.165) is 0 Å². The Labute approximate surface area is 45.0 Å². The van der Waals surface area contributed by atoms with Gasteiger partial charge in [0.25, 0.3) is 0 Å². The first kappa shape index (κ1) is 6.14. The summed E-state index contributed by atoms with van der Waals surface area (Å²) < 4.78 is 0. The Balaban J connectivity index is 3.82. The monoisotopic (exact) mass is 115 g/mol. The zero-order valence-electron chi connectivity index (χ0n) is 3.25. The van der Waals surface area contributed by atoms with Gasteiger partial charge in [0.05, 0.1) is 5.16 Å². The number of aldehydes is 1. The molecule has 0 rings (SSSR count). The van der Waals surface area contributed by atoms with Gasteiger partial charge in [-0.05, 0) is 12.2 Å². The normalized spacial score (nSPS) is 6.29. The Bertz CT molecular complexity index is 136. The van der Waals surface area contributed by atoms with Crippen LogP contribution in [-0.4, -0.2) is 17.4 Å². The molecule has 0 bridgehead atoms. The molecule has 4 heteroatoms. The van der Waals surface area contributed by atoms with Gasteiger partial charge in [0.1, 0.15) is 0 Å². The van der Waals surface area contributed by atoms with E-state index in [1.54, 1.807) is 5.16 Å². The SMILES string of the molecule is O=CC(=O)N=C=S. The summed E-state index contributed by atoms with van der Waals surface area (Å²) in [5.74, 6) is -0.894. The van der Waals surface area contributed by atoms with Gasteiger partial charge in [0.2, 0.25) is 6.29 Å². The van der Waals surface area contributed by atoms with Crippen molar-refractivity contribution in [2.24, 2.45) is 4.99 Å². The lowest BCUT2D eigenvalue weighted by atomic mass is 10.7. The highest BCUT2D eigenvalue weighted by atomic mass is 32.1. The lowest BCUT2D eigenvalue weighted by Crippen LogP contribution is -1.89. The van der Waals surface area contributed by atoms with E-state index in [1.165, 1.54) is 0 Å². The van der Waals surface area contributed by atoms with Crippen LogP contribution in [0.5, 0.6) is 0 Å². The Morgan fingerprint density at radius 3 is 2.57 bits per heavy atom. The summed E-state index contributed by atoms with van der Waals surface area (Å²) in [6, 6.07) is 0. The topological polar surface area (TPSA) is 46.5 Å². The molecule has 0 aromatic rings. The highest BCUT2D eigenvalue weighted by molar-refractivity contribution is 7.78. The molecule has 1 amide bonds. The van der Waals surface area contributed by atoms with E-state index in [-0.39, 0.29) is 6.29 Å². The lowest BCUT2D eigenvalue weighted by Gasteiger charge is -1.63. The molecule has 0 N–H and O–H groups in total. The Morgan fingerprint density at radius 1 is 1.86 bits per heavy atom. The van der Waals surface area contributed by atoms with E-state index in [1.807, 2.05) is 0 Å². The Morgan fingerprint density at radius 2 is 2.43 bits per heavy atom. The number of nitrogens with zero attached hydrogens (tertiary/aromatic N) is 1. The summed E-state index contributed by atoms with van der Waals surface area (Å²) in [6.45, 7) is 0. The number of hydrogen-bond donors (Lipinski definition) is 0. The number of isothiocyanates is 1. The first-order valence-corrected chi connectivity index (χ1v) is 1.79. The van der Waals surface area contributed by atoms with Crippen LogP contribution in [0.4, 0.5) is 0 Å². The van der Waals surface area contributed by atoms with Crippen LogP contribution in [0.25, 0.3) is 0 Å². The molecule has 0 aromatic heterocycles. The number of hydrogen-bond acceptors (Lipinski definition) is 3. The van der Waals surface area contributed by atoms with E-state index in [0.29, 0.717) is 0 Å². The average Bonchev–Trinajstić information content (AvgIpc) is 1.68. The summed E-state index contributed by atoms with van der Waals surface area (Å²) in [4.78, 5) is 21.9. The summed E-state index contributed by atoms with van der Waals surface area (Å²) in [6.07, 6.45) is 0.0687. The third kappa shape index (κ3) is 2.96. The number of aliphatic imine (C=N–C) groups is 1. The van der Waals surface area contributed by atoms with Gasteiger partial charge in [0, 0.05) is 0 Å². The molecule has 36 valence electrons. The van der Waals surface area contributed by atoms with Gasteiger partial charge in [-0.2, -0.15) is 4.99 Å². The third-order valence-electron chi connectivity index (χ3n) is 0.257. The van der Waals surface area contributed by atoms with Crippen molar-refractivity contribution in [1.82, 2.24) is 0 Å². The average molecular weight is 115 g/mol. The van der Waals surface area contributed by atoms with Crippen LogP contribution >= 0.6 is 12.2 Å². The quantitative estimate of drug-likeness (QED) is 0.206. The van der Waals surface area contributed by atoms with Crippen molar-refractivity contribution >= 4 is 29.6 Å². The molecule has 0 aliphatic rings. The van der Waals surface area contributed by atoms with Gasteiger partial charge in [-0.3, -0.25) is 9.59 Å². The van der Waals surface area contributed by atoms with Gasteiger partial charge < -0.3 is 0 Å². The molecular weight excluding hydrogens is 114 g/mol. The maximum atomic E-state index is 9.75. The van der Waals surface area contributed by atoms with Gasteiger partial charge in [0.15, 0.2) is 0 Å². The summed E-state index contributed by atoms with van der Waals surface area (Å²) in [5.41, 5.74) is 0. The van der Waals surface area contributed by atoms with Gasteiger partial charge in [-0.15, -0.1) is 0 Å². The highest BCUT2D eigenvalue weighted by Gasteiger charge is 1.86. The molecule has 0 saturated heterocycles. The fourth-order valence-corrected chi connectivity index (χ4v) is 0.161. The molecule has 0 heterocycles. The molecule has 0 aliphatic heterocycles. The minimum Gasteiger partial charge on any atom is -0.292 e. The van der Waals surface area contributed by atoms with Crippen molar-refractivity contribution < 1.29 is 9.59 Å². The molecule has 0 saturated carbocycles. The van der Waals surface area contributed by atoms with Crippen LogP contribution in [0.1, 0.15) is 0 Å². The van der Waals surface area contributed by atoms with Crippen LogP contribution in [0.15, 0.2) is 4.99 Å². The molecule has 0 radical (unpaired) electrons. The minimum atomic E-state index is -0.894. The second kappa shape index (κ2) is 3.33. The fourth-order valence-electron chi connectivity index (χ4n) is 0.0713. The number of thiocarbonyl (C=S) groups is 1. The maximum Gasteiger partial charge on any atom is 0.318 e. The maximum absolute atomic E-state index is 9.75. The number of rotatable bonds is 1. The molecule has 7 heavy (non-hydrogen) atoms. The van der Waals surface area contributed by atoms with Crippen molar-refractivity contribution in [2.45, 2.75) is 0 Å². The molecule has 0 unspecified atom stereocenters. The molecule has 0 fully saturated rings. The van der Waals surface area contributed by atoms with Crippen LogP contribution < -0.4 is 0 Å². The largest absolute Gasteiger partial charge is 0.318 e. The smallest absolute Gasteiger partial charge is 0.292 e. The first-order valence-electron chi connectivity index (χ1n) is 1.38. The van der Waals surface area contributed by atoms with E-state index in [4.69, 9.17) is 0 Å². The number of amides is 1.